The summed E-state index contributed by atoms with van der Waals surface area (Å²) in [6.45, 7) is 6.93. The molecule has 0 bridgehead atoms. The van der Waals surface area contributed by atoms with Gasteiger partial charge in [-0.15, -0.1) is 23.7 Å². The smallest absolute Gasteiger partial charge is 0.220 e. The summed E-state index contributed by atoms with van der Waals surface area (Å²) in [4.78, 5) is 14.5. The van der Waals surface area contributed by atoms with E-state index in [1.54, 1.807) is 0 Å². The van der Waals surface area contributed by atoms with Gasteiger partial charge in [0.15, 0.2) is 0 Å². The number of rotatable bonds is 8. The molecule has 0 aliphatic carbocycles. The second-order valence-electron chi connectivity index (χ2n) is 5.50. The van der Waals surface area contributed by atoms with Gasteiger partial charge >= 0.3 is 0 Å². The Morgan fingerprint density at radius 1 is 1.40 bits per heavy atom. The number of nitrogens with one attached hydrogen (secondary N) is 1. The van der Waals surface area contributed by atoms with Gasteiger partial charge in [0.2, 0.25) is 5.91 Å². The van der Waals surface area contributed by atoms with Crippen molar-refractivity contribution >= 4 is 29.7 Å². The van der Waals surface area contributed by atoms with Crippen molar-refractivity contribution in [1.29, 1.82) is 0 Å². The molecule has 1 amide bonds. The van der Waals surface area contributed by atoms with Crippen LogP contribution in [0.2, 0.25) is 0 Å². The van der Waals surface area contributed by atoms with E-state index in [0.717, 1.165) is 19.3 Å². The lowest BCUT2D eigenvalue weighted by molar-refractivity contribution is -0.121. The van der Waals surface area contributed by atoms with Crippen LogP contribution in [0, 0.1) is 12.8 Å². The van der Waals surface area contributed by atoms with E-state index < -0.39 is 0 Å². The molecule has 3 nitrogen and oxygen atoms in total. The van der Waals surface area contributed by atoms with E-state index in [1.165, 1.54) is 9.75 Å². The zero-order chi connectivity index (χ0) is 14.3. The van der Waals surface area contributed by atoms with Gasteiger partial charge in [0, 0.05) is 28.8 Å². The maximum absolute atomic E-state index is 11.8. The van der Waals surface area contributed by atoms with Gasteiger partial charge in [-0.05, 0) is 44.2 Å². The summed E-state index contributed by atoms with van der Waals surface area (Å²) >= 11 is 1.81. The standard InChI is InChI=1S/C15H26N2OS.ClH/c1-11(2)9-13(10-16)17-15(18)6-4-5-14-8-7-12(3)19-14;/h7-8,11,13H,4-6,9-10,16H2,1-3H3,(H,17,18);1H. The molecule has 3 N–H and O–H groups in total. The predicted molar refractivity (Wildman–Crippen MR) is 89.7 cm³/mol. The van der Waals surface area contributed by atoms with Crippen molar-refractivity contribution in [1.82, 2.24) is 5.32 Å². The number of aryl methyl sites for hydroxylation is 2. The molecule has 1 rings (SSSR count). The molecule has 0 aromatic carbocycles. The summed E-state index contributed by atoms with van der Waals surface area (Å²) in [7, 11) is 0. The average Bonchev–Trinajstić information content (AvgIpc) is 2.73. The topological polar surface area (TPSA) is 55.1 Å². The van der Waals surface area contributed by atoms with Crippen LogP contribution < -0.4 is 11.1 Å². The molecule has 116 valence electrons. The van der Waals surface area contributed by atoms with Crippen molar-refractivity contribution in [3.05, 3.63) is 21.9 Å². The summed E-state index contributed by atoms with van der Waals surface area (Å²) < 4.78 is 0. The number of nitrogens with two attached hydrogens (primary N) is 1. The molecular formula is C15H27ClN2OS. The van der Waals surface area contributed by atoms with Gasteiger partial charge in [0.1, 0.15) is 0 Å². The third kappa shape index (κ3) is 7.88. The monoisotopic (exact) mass is 318 g/mol. The van der Waals surface area contributed by atoms with Crippen LogP contribution in [0.3, 0.4) is 0 Å². The highest BCUT2D eigenvalue weighted by Crippen LogP contribution is 2.17. The SMILES string of the molecule is Cc1ccc(CCCC(=O)NC(CN)CC(C)C)s1.Cl. The minimum atomic E-state index is 0. The van der Waals surface area contributed by atoms with Gasteiger partial charge in [0.05, 0.1) is 0 Å². The normalized spacial score (nSPS) is 12.1. The van der Waals surface area contributed by atoms with Crippen molar-refractivity contribution in [2.24, 2.45) is 11.7 Å². The van der Waals surface area contributed by atoms with Crippen LogP contribution in [-0.2, 0) is 11.2 Å². The third-order valence-electron chi connectivity index (χ3n) is 3.03. The van der Waals surface area contributed by atoms with E-state index in [9.17, 15) is 4.79 Å². The van der Waals surface area contributed by atoms with Crippen LogP contribution in [0.5, 0.6) is 0 Å². The molecule has 20 heavy (non-hydrogen) atoms. The van der Waals surface area contributed by atoms with Crippen LogP contribution in [0.15, 0.2) is 12.1 Å². The molecular weight excluding hydrogens is 292 g/mol. The first-order valence-corrected chi connectivity index (χ1v) is 7.87. The van der Waals surface area contributed by atoms with Gasteiger partial charge in [0.25, 0.3) is 0 Å². The summed E-state index contributed by atoms with van der Waals surface area (Å²) in [5.74, 6) is 0.687. The number of thiophene rings is 1. The Labute approximate surface area is 132 Å². The second-order valence-corrected chi connectivity index (χ2v) is 6.87. The van der Waals surface area contributed by atoms with Crippen LogP contribution in [0.1, 0.15) is 42.9 Å². The molecule has 1 unspecified atom stereocenters. The molecule has 1 heterocycles. The van der Waals surface area contributed by atoms with Crippen molar-refractivity contribution in [3.8, 4) is 0 Å². The number of hydrogen-bond acceptors (Lipinski definition) is 3. The fourth-order valence-electron chi connectivity index (χ4n) is 2.13. The van der Waals surface area contributed by atoms with E-state index in [1.807, 2.05) is 11.3 Å². The second kappa shape index (κ2) is 10.2. The molecule has 0 aliphatic heterocycles. The highest BCUT2D eigenvalue weighted by molar-refractivity contribution is 7.11. The quantitative estimate of drug-likeness (QED) is 0.772. The Kier molecular flexibility index (Phi) is 9.90. The molecule has 1 atom stereocenters. The molecule has 1 aromatic rings. The van der Waals surface area contributed by atoms with Gasteiger partial charge in [-0.3, -0.25) is 4.79 Å². The van der Waals surface area contributed by atoms with Gasteiger partial charge in [-0.1, -0.05) is 13.8 Å². The largest absolute Gasteiger partial charge is 0.352 e. The lowest BCUT2D eigenvalue weighted by Crippen LogP contribution is -2.40. The highest BCUT2D eigenvalue weighted by atomic mass is 35.5. The first-order chi connectivity index (χ1) is 9.01. The molecule has 0 aliphatic rings. The number of carbonyl (C=O) groups excluding carboxylic acids is 1. The van der Waals surface area contributed by atoms with E-state index >= 15 is 0 Å². The van der Waals surface area contributed by atoms with Crippen molar-refractivity contribution < 1.29 is 4.79 Å². The maximum Gasteiger partial charge on any atom is 0.220 e. The molecule has 0 saturated carbocycles. The first kappa shape index (κ1) is 19.4. The molecule has 1 aromatic heterocycles. The summed E-state index contributed by atoms with van der Waals surface area (Å²) in [5, 5.41) is 3.03. The minimum absolute atomic E-state index is 0. The summed E-state index contributed by atoms with van der Waals surface area (Å²) in [6.07, 6.45) is 3.44. The maximum atomic E-state index is 11.8. The van der Waals surface area contributed by atoms with Gasteiger partial charge < -0.3 is 11.1 Å². The van der Waals surface area contributed by atoms with E-state index in [4.69, 9.17) is 5.73 Å². The Hall–Kier alpha value is -0.580. The molecule has 5 heteroatoms. The van der Waals surface area contributed by atoms with Crippen molar-refractivity contribution in [2.75, 3.05) is 6.54 Å². The van der Waals surface area contributed by atoms with Gasteiger partial charge in [-0.25, -0.2) is 0 Å². The van der Waals surface area contributed by atoms with Gasteiger partial charge in [-0.2, -0.15) is 0 Å². The molecule has 0 radical (unpaired) electrons. The zero-order valence-corrected chi connectivity index (χ0v) is 14.3. The third-order valence-corrected chi connectivity index (χ3v) is 4.09. The van der Waals surface area contributed by atoms with Crippen LogP contribution >= 0.6 is 23.7 Å². The van der Waals surface area contributed by atoms with Crippen LogP contribution in [0.25, 0.3) is 0 Å². The van der Waals surface area contributed by atoms with Crippen LogP contribution in [0.4, 0.5) is 0 Å². The van der Waals surface area contributed by atoms with E-state index in [2.05, 4.69) is 38.2 Å². The lowest BCUT2D eigenvalue weighted by Gasteiger charge is -2.18. The summed E-state index contributed by atoms with van der Waals surface area (Å²) in [5.41, 5.74) is 5.68. The zero-order valence-electron chi connectivity index (χ0n) is 12.6. The number of halogens is 1. The first-order valence-electron chi connectivity index (χ1n) is 7.06. The molecule has 0 saturated heterocycles. The van der Waals surface area contributed by atoms with Crippen molar-refractivity contribution in [3.63, 3.8) is 0 Å². The number of amides is 1. The minimum Gasteiger partial charge on any atom is -0.352 e. The van der Waals surface area contributed by atoms with Crippen LogP contribution in [-0.4, -0.2) is 18.5 Å². The predicted octanol–water partition coefficient (Wildman–Crippen LogP) is 3.29. The highest BCUT2D eigenvalue weighted by Gasteiger charge is 2.12. The fraction of sp³-hybridized carbons (Fsp3) is 0.667. The molecule has 0 fully saturated rings. The van der Waals surface area contributed by atoms with E-state index in [0.29, 0.717) is 18.9 Å². The Morgan fingerprint density at radius 2 is 2.10 bits per heavy atom. The Bertz CT molecular complexity index is 393. The Morgan fingerprint density at radius 3 is 2.60 bits per heavy atom. The van der Waals surface area contributed by atoms with Crippen molar-refractivity contribution in [2.45, 2.75) is 52.5 Å². The van der Waals surface area contributed by atoms with E-state index in [-0.39, 0.29) is 24.4 Å². The lowest BCUT2D eigenvalue weighted by atomic mass is 10.0. The molecule has 0 spiro atoms. The Balaban J connectivity index is 0.00000361. The fourth-order valence-corrected chi connectivity index (χ4v) is 3.06. The number of carbonyl (C=O) groups is 1. The summed E-state index contributed by atoms with van der Waals surface area (Å²) in [6, 6.07) is 4.41. The number of hydrogen-bond donors (Lipinski definition) is 2. The average molecular weight is 319 g/mol.